The molecular weight excluding hydrogens is 308 g/mol. The number of amides is 1. The summed E-state index contributed by atoms with van der Waals surface area (Å²) in [5, 5.41) is 21.0. The third kappa shape index (κ3) is 6.85. The first-order valence-electron chi connectivity index (χ1n) is 6.35. The number of hydrazine groups is 1. The average Bonchev–Trinajstić information content (AvgIpc) is 2.52. The zero-order valence-electron chi connectivity index (χ0n) is 12.2. The van der Waals surface area contributed by atoms with Gasteiger partial charge < -0.3 is 29.3 Å². The molecule has 0 saturated carbocycles. The van der Waals surface area contributed by atoms with Crippen LogP contribution >= 0.6 is 0 Å². The summed E-state index contributed by atoms with van der Waals surface area (Å²) in [5.74, 6) is -2.79. The summed E-state index contributed by atoms with van der Waals surface area (Å²) >= 11 is 0. The number of hydrogen-bond donors (Lipinski definition) is 2. The molecular formula is C14H14N2O7-2. The summed E-state index contributed by atoms with van der Waals surface area (Å²) in [6.45, 7) is -0.389. The highest BCUT2D eigenvalue weighted by Crippen LogP contribution is 2.16. The van der Waals surface area contributed by atoms with E-state index in [0.29, 0.717) is 11.5 Å². The fourth-order valence-corrected chi connectivity index (χ4v) is 1.36. The van der Waals surface area contributed by atoms with Crippen LogP contribution < -0.4 is 30.5 Å². The molecule has 9 heteroatoms. The van der Waals surface area contributed by atoms with Gasteiger partial charge in [-0.05, 0) is 24.3 Å². The van der Waals surface area contributed by atoms with Gasteiger partial charge in [0, 0.05) is 12.4 Å². The summed E-state index contributed by atoms with van der Waals surface area (Å²) in [7, 11) is 1.51. The molecule has 0 aliphatic rings. The Hall–Kier alpha value is -3.23. The number of rotatable bonds is 9. The monoisotopic (exact) mass is 322 g/mol. The lowest BCUT2D eigenvalue weighted by Gasteiger charge is -2.14. The van der Waals surface area contributed by atoms with Gasteiger partial charge in [0.25, 0.3) is 5.91 Å². The highest BCUT2D eigenvalue weighted by atomic mass is 16.5. The van der Waals surface area contributed by atoms with Crippen LogP contribution in [0.1, 0.15) is 6.42 Å². The Kier molecular flexibility index (Phi) is 6.92. The van der Waals surface area contributed by atoms with Crippen molar-refractivity contribution in [1.82, 2.24) is 10.9 Å². The van der Waals surface area contributed by atoms with E-state index in [1.807, 2.05) is 10.9 Å². The largest absolute Gasteiger partial charge is 0.550 e. The van der Waals surface area contributed by atoms with Gasteiger partial charge in [-0.2, -0.15) is 0 Å². The van der Waals surface area contributed by atoms with Gasteiger partial charge in [0.15, 0.2) is 6.61 Å². The number of benzene rings is 1. The van der Waals surface area contributed by atoms with Crippen LogP contribution in [0.15, 0.2) is 36.0 Å². The Morgan fingerprint density at radius 1 is 1.09 bits per heavy atom. The molecule has 0 spiro atoms. The van der Waals surface area contributed by atoms with Crippen LogP contribution in [0.3, 0.4) is 0 Å². The topological polar surface area (TPSA) is 140 Å². The van der Waals surface area contributed by atoms with Crippen molar-refractivity contribution >= 4 is 17.8 Å². The predicted octanol–water partition coefficient (Wildman–Crippen LogP) is -2.53. The number of carboxylic acids is 2. The zero-order chi connectivity index (χ0) is 17.2. The lowest BCUT2D eigenvalue weighted by molar-refractivity contribution is -0.304. The maximum absolute atomic E-state index is 11.5. The molecule has 0 aliphatic carbocycles. The first-order chi connectivity index (χ1) is 10.9. The van der Waals surface area contributed by atoms with E-state index >= 15 is 0 Å². The Labute approximate surface area is 131 Å². The zero-order valence-corrected chi connectivity index (χ0v) is 12.2. The van der Waals surface area contributed by atoms with E-state index in [1.165, 1.54) is 7.11 Å². The molecule has 1 amide bonds. The minimum absolute atomic E-state index is 0.389. The molecule has 1 aromatic carbocycles. The van der Waals surface area contributed by atoms with Crippen molar-refractivity contribution in [2.24, 2.45) is 0 Å². The summed E-state index contributed by atoms with van der Waals surface area (Å²) in [6, 6.07) is 6.46. The number of carboxylic acid groups (broad SMARTS) is 2. The second kappa shape index (κ2) is 8.93. The molecule has 0 saturated heterocycles. The minimum atomic E-state index is -1.68. The molecule has 1 rings (SSSR count). The van der Waals surface area contributed by atoms with Crippen LogP contribution in [0.25, 0.3) is 0 Å². The van der Waals surface area contributed by atoms with Crippen LogP contribution in [0.5, 0.6) is 11.5 Å². The van der Waals surface area contributed by atoms with Gasteiger partial charge in [-0.25, -0.2) is 0 Å². The third-order valence-corrected chi connectivity index (χ3v) is 2.46. The maximum Gasteiger partial charge on any atom is 0.276 e. The third-order valence-electron chi connectivity index (χ3n) is 2.46. The quantitative estimate of drug-likeness (QED) is 0.374. The van der Waals surface area contributed by atoms with Gasteiger partial charge in [-0.15, -0.1) is 0 Å². The van der Waals surface area contributed by atoms with Crippen LogP contribution in [0.4, 0.5) is 0 Å². The van der Waals surface area contributed by atoms with Crippen molar-refractivity contribution in [1.29, 1.82) is 0 Å². The second-order valence-corrected chi connectivity index (χ2v) is 4.12. The molecule has 0 radical (unpaired) electrons. The average molecular weight is 322 g/mol. The molecule has 0 unspecified atom stereocenters. The van der Waals surface area contributed by atoms with Gasteiger partial charge >= 0.3 is 0 Å². The number of hydrogen-bond acceptors (Lipinski definition) is 8. The van der Waals surface area contributed by atoms with Crippen molar-refractivity contribution in [2.45, 2.75) is 6.42 Å². The highest BCUT2D eigenvalue weighted by Gasteiger charge is 2.04. The Balaban J connectivity index is 2.44. The molecule has 0 atom stereocenters. The summed E-state index contributed by atoms with van der Waals surface area (Å²) in [4.78, 5) is 32.5. The van der Waals surface area contributed by atoms with E-state index in [0.717, 1.165) is 6.08 Å². The van der Waals surface area contributed by atoms with Crippen molar-refractivity contribution in [3.63, 3.8) is 0 Å². The second-order valence-electron chi connectivity index (χ2n) is 4.12. The maximum atomic E-state index is 11.5. The fraction of sp³-hybridized carbons (Fsp3) is 0.214. The first kappa shape index (κ1) is 17.8. The molecule has 23 heavy (non-hydrogen) atoms. The molecule has 1 aromatic rings. The van der Waals surface area contributed by atoms with Crippen molar-refractivity contribution in [2.75, 3.05) is 13.7 Å². The standard InChI is InChI=1S/C14H16N2O7/c1-22-9-2-4-10(5-3-9)23-8-12(17)16-15-11(14(20)21)6-7-13(18)19/h2-6,15H,7-8H2,1H3,(H,16,17)(H,18,19)(H,20,21)/p-2. The summed E-state index contributed by atoms with van der Waals surface area (Å²) in [6.07, 6.45) is 0.157. The van der Waals surface area contributed by atoms with E-state index in [2.05, 4.69) is 0 Å². The van der Waals surface area contributed by atoms with Crippen LogP contribution in [0, 0.1) is 0 Å². The Morgan fingerprint density at radius 3 is 2.22 bits per heavy atom. The van der Waals surface area contributed by atoms with Crippen LogP contribution in [0.2, 0.25) is 0 Å². The van der Waals surface area contributed by atoms with Gasteiger partial charge in [0.1, 0.15) is 11.5 Å². The lowest BCUT2D eigenvalue weighted by atomic mass is 10.3. The molecule has 0 fully saturated rings. The highest BCUT2D eigenvalue weighted by molar-refractivity contribution is 5.86. The van der Waals surface area contributed by atoms with E-state index in [9.17, 15) is 24.6 Å². The van der Waals surface area contributed by atoms with Gasteiger partial charge in [-0.1, -0.05) is 6.08 Å². The number of methoxy groups -OCH3 is 1. The first-order valence-corrected chi connectivity index (χ1v) is 6.35. The van der Waals surface area contributed by atoms with Gasteiger partial charge in [-0.3, -0.25) is 15.6 Å². The molecule has 9 nitrogen and oxygen atoms in total. The number of ether oxygens (including phenoxy) is 2. The normalized spacial score (nSPS) is 10.6. The molecule has 0 aromatic heterocycles. The molecule has 124 valence electrons. The summed E-state index contributed by atoms with van der Waals surface area (Å²) in [5.41, 5.74) is 3.47. The van der Waals surface area contributed by atoms with E-state index in [-0.39, 0.29) is 6.61 Å². The lowest BCUT2D eigenvalue weighted by Crippen LogP contribution is -2.44. The number of carbonyl (C=O) groups is 3. The van der Waals surface area contributed by atoms with Crippen molar-refractivity contribution < 1.29 is 34.1 Å². The van der Waals surface area contributed by atoms with Crippen molar-refractivity contribution in [3.05, 3.63) is 36.0 Å². The number of nitrogens with one attached hydrogen (secondary N) is 2. The van der Waals surface area contributed by atoms with E-state index in [4.69, 9.17) is 9.47 Å². The Bertz CT molecular complexity index is 596. The minimum Gasteiger partial charge on any atom is -0.550 e. The van der Waals surface area contributed by atoms with Crippen LogP contribution in [-0.2, 0) is 14.4 Å². The van der Waals surface area contributed by atoms with E-state index in [1.54, 1.807) is 24.3 Å². The van der Waals surface area contributed by atoms with Crippen molar-refractivity contribution in [3.8, 4) is 11.5 Å². The summed E-state index contributed by atoms with van der Waals surface area (Å²) < 4.78 is 10.1. The molecule has 0 heterocycles. The smallest absolute Gasteiger partial charge is 0.276 e. The number of aliphatic carboxylic acids is 2. The van der Waals surface area contributed by atoms with Gasteiger partial charge in [0.2, 0.25) is 0 Å². The molecule has 0 aliphatic heterocycles. The van der Waals surface area contributed by atoms with Crippen LogP contribution in [-0.4, -0.2) is 31.6 Å². The number of carbonyl (C=O) groups excluding carboxylic acids is 3. The molecule has 2 N–H and O–H groups in total. The SMILES string of the molecule is COc1ccc(OCC(=O)NNC(=CCC(=O)[O-])C(=O)[O-])cc1. The molecule has 0 bridgehead atoms. The predicted molar refractivity (Wildman–Crippen MR) is 72.5 cm³/mol. The Morgan fingerprint density at radius 2 is 1.70 bits per heavy atom. The van der Waals surface area contributed by atoms with E-state index < -0.39 is 30.0 Å². The van der Waals surface area contributed by atoms with Gasteiger partial charge in [0.05, 0.1) is 18.8 Å². The fourth-order valence-electron chi connectivity index (χ4n) is 1.36.